The molecule has 0 spiro atoms. The molecule has 5 heteroatoms. The first kappa shape index (κ1) is 15.1. The molecule has 0 aromatic heterocycles. The van der Waals surface area contributed by atoms with E-state index in [1.807, 2.05) is 19.1 Å². The van der Waals surface area contributed by atoms with Crippen molar-refractivity contribution in [3.05, 3.63) is 28.8 Å². The molecular weight excluding hydrogens is 276 g/mol. The Balaban J connectivity index is 1.91. The summed E-state index contributed by atoms with van der Waals surface area (Å²) in [5, 5.41) is 6.82. The second kappa shape index (κ2) is 6.95. The zero-order valence-corrected chi connectivity index (χ0v) is 12.7. The van der Waals surface area contributed by atoms with Crippen molar-refractivity contribution >= 4 is 17.5 Å². The van der Waals surface area contributed by atoms with Gasteiger partial charge >= 0.3 is 0 Å². The van der Waals surface area contributed by atoms with Crippen molar-refractivity contribution in [2.45, 2.75) is 38.8 Å². The van der Waals surface area contributed by atoms with E-state index in [1.54, 1.807) is 13.0 Å². The van der Waals surface area contributed by atoms with Gasteiger partial charge in [0.2, 0.25) is 0 Å². The lowest BCUT2D eigenvalue weighted by Gasteiger charge is -2.25. The summed E-state index contributed by atoms with van der Waals surface area (Å²) in [5.74, 6) is 0.467. The summed E-state index contributed by atoms with van der Waals surface area (Å²) >= 11 is 6.07. The summed E-state index contributed by atoms with van der Waals surface area (Å²) in [6.07, 6.45) is 1.37. The normalized spacial score (nSPS) is 17.6. The zero-order valence-electron chi connectivity index (χ0n) is 11.9. The number of carbonyl (C=O) groups excluding carboxylic acids is 1. The van der Waals surface area contributed by atoms with Gasteiger partial charge in [0, 0.05) is 6.04 Å². The van der Waals surface area contributed by atoms with Crippen LogP contribution in [-0.4, -0.2) is 31.1 Å². The minimum absolute atomic E-state index is 0.0885. The summed E-state index contributed by atoms with van der Waals surface area (Å²) in [6.45, 7) is 5.60. The van der Waals surface area contributed by atoms with E-state index < -0.39 is 6.10 Å². The largest absolute Gasteiger partial charge is 0.479 e. The zero-order chi connectivity index (χ0) is 14.5. The standard InChI is InChI=1S/C15H21ClN2O2/c1-10-3-4-13(16)14(9-10)20-11(2)15(19)18-12-5-7-17-8-6-12/h3-4,9,11-12,17H,5-8H2,1-2H3,(H,18,19). The minimum atomic E-state index is -0.552. The third-order valence-electron chi connectivity index (χ3n) is 3.45. The summed E-state index contributed by atoms with van der Waals surface area (Å²) in [4.78, 5) is 12.1. The number of piperidine rings is 1. The first-order valence-corrected chi connectivity index (χ1v) is 7.38. The lowest BCUT2D eigenvalue weighted by Crippen LogP contribution is -2.47. The van der Waals surface area contributed by atoms with Crippen LogP contribution in [0.5, 0.6) is 5.75 Å². The Morgan fingerprint density at radius 3 is 2.85 bits per heavy atom. The van der Waals surface area contributed by atoms with Crippen LogP contribution in [0.15, 0.2) is 18.2 Å². The maximum absolute atomic E-state index is 12.1. The quantitative estimate of drug-likeness (QED) is 0.896. The van der Waals surface area contributed by atoms with Crippen LogP contribution in [0.2, 0.25) is 5.02 Å². The second-order valence-corrected chi connectivity index (χ2v) is 5.63. The molecule has 2 N–H and O–H groups in total. The van der Waals surface area contributed by atoms with Gasteiger partial charge in [-0.2, -0.15) is 0 Å². The van der Waals surface area contributed by atoms with Crippen LogP contribution in [-0.2, 0) is 4.79 Å². The molecule has 1 unspecified atom stereocenters. The van der Waals surface area contributed by atoms with E-state index in [1.165, 1.54) is 0 Å². The summed E-state index contributed by atoms with van der Waals surface area (Å²) in [5.41, 5.74) is 1.05. The van der Waals surface area contributed by atoms with Crippen molar-refractivity contribution in [1.29, 1.82) is 0 Å². The highest BCUT2D eigenvalue weighted by molar-refractivity contribution is 6.32. The third kappa shape index (κ3) is 4.12. The van der Waals surface area contributed by atoms with Crippen LogP contribution >= 0.6 is 11.6 Å². The number of ether oxygens (including phenoxy) is 1. The van der Waals surface area contributed by atoms with Crippen molar-refractivity contribution in [3.8, 4) is 5.75 Å². The molecule has 1 fully saturated rings. The Bertz CT molecular complexity index is 473. The van der Waals surface area contributed by atoms with Gasteiger partial charge in [-0.1, -0.05) is 17.7 Å². The molecule has 4 nitrogen and oxygen atoms in total. The molecule has 1 aromatic rings. The monoisotopic (exact) mass is 296 g/mol. The summed E-state index contributed by atoms with van der Waals surface area (Å²) < 4.78 is 5.67. The summed E-state index contributed by atoms with van der Waals surface area (Å²) in [7, 11) is 0. The molecule has 2 rings (SSSR count). The van der Waals surface area contributed by atoms with Gasteiger partial charge in [0.1, 0.15) is 5.75 Å². The first-order valence-electron chi connectivity index (χ1n) is 7.00. The van der Waals surface area contributed by atoms with Gasteiger partial charge in [0.15, 0.2) is 6.10 Å². The molecule has 1 heterocycles. The van der Waals surface area contributed by atoms with E-state index in [0.29, 0.717) is 10.8 Å². The lowest BCUT2D eigenvalue weighted by atomic mass is 10.1. The molecule has 1 aliphatic heterocycles. The molecular formula is C15H21ClN2O2. The summed E-state index contributed by atoms with van der Waals surface area (Å²) in [6, 6.07) is 5.78. The van der Waals surface area contributed by atoms with Gasteiger partial charge in [-0.25, -0.2) is 0 Å². The van der Waals surface area contributed by atoms with Crippen molar-refractivity contribution in [2.75, 3.05) is 13.1 Å². The van der Waals surface area contributed by atoms with Gasteiger partial charge in [-0.05, 0) is 57.5 Å². The number of rotatable bonds is 4. The average Bonchev–Trinajstić information content (AvgIpc) is 2.44. The fraction of sp³-hybridized carbons (Fsp3) is 0.533. The van der Waals surface area contributed by atoms with Gasteiger partial charge in [-0.15, -0.1) is 0 Å². The number of carbonyl (C=O) groups is 1. The number of aryl methyl sites for hydroxylation is 1. The highest BCUT2D eigenvalue weighted by Gasteiger charge is 2.21. The number of amides is 1. The smallest absolute Gasteiger partial charge is 0.260 e. The van der Waals surface area contributed by atoms with E-state index in [-0.39, 0.29) is 11.9 Å². The van der Waals surface area contributed by atoms with E-state index in [4.69, 9.17) is 16.3 Å². The molecule has 1 aliphatic rings. The number of halogens is 1. The molecule has 0 radical (unpaired) electrons. The molecule has 1 atom stereocenters. The molecule has 0 saturated carbocycles. The Morgan fingerprint density at radius 2 is 2.15 bits per heavy atom. The fourth-order valence-electron chi connectivity index (χ4n) is 2.23. The number of nitrogens with one attached hydrogen (secondary N) is 2. The predicted octanol–water partition coefficient (Wildman–Crippen LogP) is 2.28. The third-order valence-corrected chi connectivity index (χ3v) is 3.76. The molecule has 1 aromatic carbocycles. The Morgan fingerprint density at radius 1 is 1.45 bits per heavy atom. The van der Waals surface area contributed by atoms with E-state index in [0.717, 1.165) is 31.5 Å². The van der Waals surface area contributed by atoms with Crippen molar-refractivity contribution < 1.29 is 9.53 Å². The van der Waals surface area contributed by atoms with Crippen molar-refractivity contribution in [2.24, 2.45) is 0 Å². The van der Waals surface area contributed by atoms with E-state index in [9.17, 15) is 4.79 Å². The maximum Gasteiger partial charge on any atom is 0.260 e. The Kier molecular flexibility index (Phi) is 5.26. The van der Waals surface area contributed by atoms with Gasteiger partial charge in [-0.3, -0.25) is 4.79 Å². The average molecular weight is 297 g/mol. The number of hydrogen-bond donors (Lipinski definition) is 2. The van der Waals surface area contributed by atoms with Crippen LogP contribution in [0.4, 0.5) is 0 Å². The maximum atomic E-state index is 12.1. The fourth-order valence-corrected chi connectivity index (χ4v) is 2.39. The molecule has 0 aliphatic carbocycles. The second-order valence-electron chi connectivity index (χ2n) is 5.23. The van der Waals surface area contributed by atoms with Crippen LogP contribution in [0.3, 0.4) is 0 Å². The van der Waals surface area contributed by atoms with Crippen LogP contribution in [0.1, 0.15) is 25.3 Å². The van der Waals surface area contributed by atoms with Gasteiger partial charge in [0.05, 0.1) is 5.02 Å². The van der Waals surface area contributed by atoms with Crippen LogP contribution < -0.4 is 15.4 Å². The van der Waals surface area contributed by atoms with Crippen LogP contribution in [0, 0.1) is 6.92 Å². The molecule has 0 bridgehead atoms. The van der Waals surface area contributed by atoms with E-state index in [2.05, 4.69) is 10.6 Å². The van der Waals surface area contributed by atoms with Crippen molar-refractivity contribution in [3.63, 3.8) is 0 Å². The van der Waals surface area contributed by atoms with Crippen LogP contribution in [0.25, 0.3) is 0 Å². The molecule has 20 heavy (non-hydrogen) atoms. The Labute approximate surface area is 124 Å². The lowest BCUT2D eigenvalue weighted by molar-refractivity contribution is -0.128. The topological polar surface area (TPSA) is 50.4 Å². The number of hydrogen-bond acceptors (Lipinski definition) is 3. The first-order chi connectivity index (χ1) is 9.56. The number of benzene rings is 1. The minimum Gasteiger partial charge on any atom is -0.479 e. The molecule has 1 amide bonds. The highest BCUT2D eigenvalue weighted by atomic mass is 35.5. The highest BCUT2D eigenvalue weighted by Crippen LogP contribution is 2.26. The molecule has 1 saturated heterocycles. The predicted molar refractivity (Wildman–Crippen MR) is 80.3 cm³/mol. The van der Waals surface area contributed by atoms with Gasteiger partial charge < -0.3 is 15.4 Å². The Hall–Kier alpha value is -1.26. The van der Waals surface area contributed by atoms with Crippen molar-refractivity contribution in [1.82, 2.24) is 10.6 Å². The van der Waals surface area contributed by atoms with Gasteiger partial charge in [0.25, 0.3) is 5.91 Å². The van der Waals surface area contributed by atoms with E-state index >= 15 is 0 Å². The SMILES string of the molecule is Cc1ccc(Cl)c(OC(C)C(=O)NC2CCNCC2)c1. The molecule has 110 valence electrons.